The number of phosphoric acid groups is 5. The highest BCUT2D eigenvalue weighted by Gasteiger charge is 2.52. The number of aliphatic hydroxyl groups excluding tert-OH is 2. The van der Waals surface area contributed by atoms with Crippen LogP contribution in [0.25, 0.3) is 55.8 Å². The number of phosphoric ester groups is 5. The summed E-state index contributed by atoms with van der Waals surface area (Å²) in [4.78, 5) is 191. The Hall–Kier alpha value is -10.1. The van der Waals surface area contributed by atoms with Crippen molar-refractivity contribution in [1.82, 2.24) is 107 Å². The molecule has 0 saturated carbocycles. The van der Waals surface area contributed by atoms with Gasteiger partial charge in [-0.25, -0.2) is 62.5 Å². The summed E-state index contributed by atoms with van der Waals surface area (Å²) in [5.41, 5.74) is 23.6. The molecule has 126 heavy (non-hydrogen) atoms. The predicted octanol–water partition coefficient (Wildman–Crippen LogP) is -3.28. The van der Waals surface area contributed by atoms with Gasteiger partial charge in [0.1, 0.15) is 116 Å². The summed E-state index contributed by atoms with van der Waals surface area (Å²) in [7, 11) is -27.5. The molecule has 6 fully saturated rings. The Balaban J connectivity index is 0.595. The van der Waals surface area contributed by atoms with Gasteiger partial charge in [0.15, 0.2) is 56.1 Å². The lowest BCUT2D eigenvalue weighted by atomic mass is 10.2. The summed E-state index contributed by atoms with van der Waals surface area (Å²) in [5, 5.41) is 21.3. The number of fused-ring (bicyclic) bond motifs is 5. The fourth-order valence-electron chi connectivity index (χ4n) is 15.1. The number of nitrogens with one attached hydrogen (secondary N) is 5. The number of imidazole rings is 5. The van der Waals surface area contributed by atoms with Gasteiger partial charge in [0, 0.05) is 50.3 Å². The molecule has 17 rings (SSSR count). The number of aromatic nitrogens is 22. The highest BCUT2D eigenvalue weighted by Crippen LogP contribution is 2.57. The van der Waals surface area contributed by atoms with Gasteiger partial charge in [-0.2, -0.15) is 19.9 Å². The van der Waals surface area contributed by atoms with Crippen molar-refractivity contribution in [2.75, 3.05) is 68.3 Å². The zero-order valence-electron chi connectivity index (χ0n) is 64.3. The second kappa shape index (κ2) is 34.1. The first-order chi connectivity index (χ1) is 59.8. The minimum atomic E-state index is -5.68. The molecule has 6 saturated heterocycles. The van der Waals surface area contributed by atoms with Crippen LogP contribution in [0.15, 0.2) is 72.9 Å². The molecule has 23 unspecified atom stereocenters. The Morgan fingerprint density at radius 3 is 0.984 bits per heavy atom. The molecule has 23 atom stereocenters. The van der Waals surface area contributed by atoms with Gasteiger partial charge in [-0.1, -0.05) is 0 Å². The highest BCUT2D eigenvalue weighted by molar-refractivity contribution is 7.48. The van der Waals surface area contributed by atoms with E-state index in [0.717, 1.165) is 39.0 Å². The second-order valence-electron chi connectivity index (χ2n) is 29.1. The first-order valence-corrected chi connectivity index (χ1v) is 44.9. The van der Waals surface area contributed by atoms with E-state index in [-0.39, 0.29) is 98.4 Å². The van der Waals surface area contributed by atoms with Crippen LogP contribution in [0, 0.1) is 6.92 Å². The summed E-state index contributed by atoms with van der Waals surface area (Å²) >= 11 is 0. The molecule has 11 aromatic heterocycles. The number of nitrogens with two attached hydrogens (primary N) is 5. The Morgan fingerprint density at radius 2 is 0.651 bits per heavy atom. The maximum absolute atomic E-state index is 14.6. The van der Waals surface area contributed by atoms with E-state index in [1.165, 1.54) is 39.5 Å². The zero-order chi connectivity index (χ0) is 89.1. The standard InChI is InChI=1S/C60H74N27O34P5/c1-21-8-82(60(95)81-51(21)90)35-3-23(28(9-88)111-35)117-123(98,99)107-12-31-25(5-37(114-31)85-18-70-42-48(85)74-57(63)78-53(42)92)119-125(102,103)109-14-33-27(7-39(116-33)87-20-72-44-50(87)76-59(65)80-55(44)94)121-126(104,105)110-13-32-26(6-38(115-32)86-19-71-43-49(86)75-58(64)79-54(43)93)120-124(100,101)108-11-30-24(4-36(113-30)83-16-68-40-45(61)66-15-67-46(40)83)118-122(96,97)106-10-29-22(89)2-34(112-29)84-17-69-41-47(84)73-56(62)77-52(41)91/h8,15-20,22-39,88-89H,2-7,9-14H2,1H3,(H,96,97)(H,98,99)(H,100,101)(H,102,103)(H,104,105)(H2,61,66,67)(H,81,90,95)(H3,62,73,77,91)(H3,63,74,78,92)(H3,64,75,79,93)(H3,65,76,80,94). The van der Waals surface area contributed by atoms with Crippen LogP contribution in [0.3, 0.4) is 0 Å². The van der Waals surface area contributed by atoms with Crippen LogP contribution in [0.1, 0.15) is 81.5 Å². The number of ether oxygens (including phenoxy) is 6. The van der Waals surface area contributed by atoms with Gasteiger partial charge in [-0.3, -0.25) is 122 Å². The van der Waals surface area contributed by atoms with E-state index in [0.29, 0.717) is 0 Å². The number of nitrogen functional groups attached to an aromatic ring is 5. The number of aryl methyl sites for hydroxylation is 1. The number of aromatic amines is 5. The van der Waals surface area contributed by atoms with Gasteiger partial charge in [-0.15, -0.1) is 0 Å². The molecular weight excluding hydrogens is 1800 g/mol. The lowest BCUT2D eigenvalue weighted by Crippen LogP contribution is -2.33. The number of nitrogens with zero attached hydrogens (tertiary/aromatic N) is 17. The normalized spacial score (nSPS) is 29.0. The second-order valence-corrected chi connectivity index (χ2v) is 36.2. The molecule has 0 radical (unpaired) electrons. The fraction of sp³-hybridized carbons (Fsp3) is 0.517. The third-order valence-electron chi connectivity index (χ3n) is 20.8. The molecule has 61 nitrogen and oxygen atoms in total. The number of hydrogen-bond donors (Lipinski definition) is 17. The van der Waals surface area contributed by atoms with E-state index < -0.39 is 254 Å². The predicted molar refractivity (Wildman–Crippen MR) is 414 cm³/mol. The minimum absolute atomic E-state index is 0.00213. The Morgan fingerprint density at radius 1 is 0.373 bits per heavy atom. The maximum Gasteiger partial charge on any atom is 0.472 e. The van der Waals surface area contributed by atoms with Gasteiger partial charge in [0.05, 0.1) is 77.4 Å². The van der Waals surface area contributed by atoms with Crippen LogP contribution >= 0.6 is 39.1 Å². The van der Waals surface area contributed by atoms with E-state index in [1.54, 1.807) is 0 Å². The van der Waals surface area contributed by atoms with Crippen molar-refractivity contribution < 1.29 is 131 Å². The molecule has 6 aliphatic rings. The van der Waals surface area contributed by atoms with Crippen molar-refractivity contribution in [2.45, 2.75) is 156 Å². The highest BCUT2D eigenvalue weighted by atomic mass is 31.2. The molecular formula is C60H74N27O34P5. The molecule has 17 heterocycles. The molecule has 6 aliphatic heterocycles. The lowest BCUT2D eigenvalue weighted by molar-refractivity contribution is -0.0640. The third-order valence-corrected chi connectivity index (χ3v) is 25.9. The molecule has 66 heteroatoms. The summed E-state index contributed by atoms with van der Waals surface area (Å²) < 4.78 is 171. The average Bonchev–Trinajstić information content (AvgIpc) is 1.65. The van der Waals surface area contributed by atoms with Crippen molar-refractivity contribution in [1.29, 1.82) is 0 Å². The topological polar surface area (TPSA) is 857 Å². The first-order valence-electron chi connectivity index (χ1n) is 37.4. The Kier molecular flexibility index (Phi) is 23.8. The molecule has 11 aromatic rings. The van der Waals surface area contributed by atoms with Crippen molar-refractivity contribution in [2.24, 2.45) is 0 Å². The van der Waals surface area contributed by atoms with E-state index in [2.05, 4.69) is 79.7 Å². The Bertz CT molecular complexity index is 6680. The van der Waals surface area contributed by atoms with Crippen LogP contribution < -0.4 is 62.2 Å². The van der Waals surface area contributed by atoms with Crippen molar-refractivity contribution in [3.05, 3.63) is 112 Å². The molecule has 678 valence electrons. The van der Waals surface area contributed by atoms with E-state index in [1.807, 2.05) is 0 Å². The lowest BCUT2D eigenvalue weighted by Gasteiger charge is -2.26. The number of anilines is 5. The maximum atomic E-state index is 14.6. The summed E-state index contributed by atoms with van der Waals surface area (Å²) in [6.07, 6.45) is -21.6. The van der Waals surface area contributed by atoms with Gasteiger partial charge in [-0.05, 0) is 6.92 Å². The van der Waals surface area contributed by atoms with Crippen LogP contribution in [-0.4, -0.2) is 255 Å². The van der Waals surface area contributed by atoms with Crippen molar-refractivity contribution in [3.63, 3.8) is 0 Å². The van der Waals surface area contributed by atoms with E-state index in [9.17, 15) is 86.3 Å². The van der Waals surface area contributed by atoms with Crippen LogP contribution in [0.2, 0.25) is 0 Å². The Labute approximate surface area is 696 Å². The van der Waals surface area contributed by atoms with Crippen molar-refractivity contribution >= 4 is 125 Å². The number of rotatable bonds is 32. The van der Waals surface area contributed by atoms with Gasteiger partial charge >= 0.3 is 44.8 Å². The van der Waals surface area contributed by atoms with Crippen LogP contribution in [-0.2, 0) is 96.5 Å². The summed E-state index contributed by atoms with van der Waals surface area (Å²) in [6.45, 7) is -4.53. The number of aliphatic hydroxyl groups is 2. The summed E-state index contributed by atoms with van der Waals surface area (Å²) in [6, 6.07) is 0. The van der Waals surface area contributed by atoms with Gasteiger partial charge in [0.25, 0.3) is 27.8 Å². The fourth-order valence-corrected chi connectivity index (χ4v) is 19.9. The quantitative estimate of drug-likeness (QED) is 0.0184. The molecule has 0 aliphatic carbocycles. The average molecular weight is 1870 g/mol. The SMILES string of the molecule is Cc1cn(C2CC(OP(=O)(O)OCC3OC(n4cnc5c(=O)[nH]c(N)nc54)CC3OP(=O)(O)OCC3OC(n4cnc5c(=O)[nH]c(N)nc54)CC3OP(=O)(O)OCC3OC(n4cnc5c(=O)[nH]c(N)nc54)CC3OP(=O)(O)OCC3OC(n4cnc5c(N)ncnc54)CC3OP(=O)(O)OCC3OC(n4cnc5c(=O)[nH]c(N)nc54)CC3O)C(CO)O2)c(=O)[nH]c1=O. The monoisotopic (exact) mass is 1870 g/mol. The molecule has 0 amide bonds. The smallest absolute Gasteiger partial charge is 0.394 e. The molecule has 0 aromatic carbocycles. The zero-order valence-corrected chi connectivity index (χ0v) is 68.8. The molecule has 0 spiro atoms. The molecule has 22 N–H and O–H groups in total. The minimum Gasteiger partial charge on any atom is -0.394 e. The van der Waals surface area contributed by atoms with Crippen LogP contribution in [0.4, 0.5) is 29.6 Å². The molecule has 0 bridgehead atoms. The van der Waals surface area contributed by atoms with Gasteiger partial charge in [0.2, 0.25) is 23.8 Å². The number of hydrogen-bond acceptors (Lipinski definition) is 45. The third kappa shape index (κ3) is 18.3. The van der Waals surface area contributed by atoms with Crippen LogP contribution in [0.5, 0.6) is 0 Å². The number of H-pyrrole nitrogens is 5. The van der Waals surface area contributed by atoms with E-state index in [4.69, 9.17) is 102 Å². The van der Waals surface area contributed by atoms with Crippen molar-refractivity contribution in [3.8, 4) is 0 Å². The summed E-state index contributed by atoms with van der Waals surface area (Å²) in [5.74, 6) is -1.46. The largest absolute Gasteiger partial charge is 0.472 e. The first kappa shape index (κ1) is 87.9. The van der Waals surface area contributed by atoms with Gasteiger partial charge < -0.3 is 91.8 Å². The van der Waals surface area contributed by atoms with E-state index >= 15 is 0 Å².